The Kier molecular flexibility index (Phi) is 5.47. The lowest BCUT2D eigenvalue weighted by Crippen LogP contribution is -2.41. The molecule has 112 valence electrons. The van der Waals surface area contributed by atoms with Crippen LogP contribution in [0.4, 0.5) is 0 Å². The number of phenols is 1. The Morgan fingerprint density at radius 1 is 1.10 bits per heavy atom. The molecule has 1 saturated heterocycles. The highest BCUT2D eigenvalue weighted by molar-refractivity contribution is 5.25. The topological polar surface area (TPSA) is 23.5 Å². The minimum absolute atomic E-state index is 0.359. The zero-order valence-electron chi connectivity index (χ0n) is 13.2. The molecule has 20 heavy (non-hydrogen) atoms. The van der Waals surface area contributed by atoms with Crippen molar-refractivity contribution in [3.8, 4) is 5.75 Å². The second-order valence-electron chi connectivity index (χ2n) is 6.67. The van der Waals surface area contributed by atoms with Crippen LogP contribution in [0.25, 0.3) is 0 Å². The number of hydrogen-bond donors (Lipinski definition) is 1. The van der Waals surface area contributed by atoms with Gasteiger partial charge in [-0.3, -0.25) is 0 Å². The molecule has 0 aromatic heterocycles. The van der Waals surface area contributed by atoms with Crippen LogP contribution < -0.4 is 0 Å². The molecule has 1 aromatic carbocycles. The lowest BCUT2D eigenvalue weighted by atomic mass is 9.86. The summed E-state index contributed by atoms with van der Waals surface area (Å²) >= 11 is 0. The third-order valence-corrected chi connectivity index (χ3v) is 4.93. The summed E-state index contributed by atoms with van der Waals surface area (Å²) in [4.78, 5) is 2.65. The van der Waals surface area contributed by atoms with E-state index in [1.165, 1.54) is 37.9 Å². The maximum atomic E-state index is 9.30. The Balaban J connectivity index is 1.75. The summed E-state index contributed by atoms with van der Waals surface area (Å²) in [6.45, 7) is 9.60. The molecule has 1 unspecified atom stereocenters. The molecule has 0 radical (unpaired) electrons. The van der Waals surface area contributed by atoms with Gasteiger partial charge in [0.05, 0.1) is 0 Å². The van der Waals surface area contributed by atoms with Crippen LogP contribution in [0.3, 0.4) is 0 Å². The third kappa shape index (κ3) is 4.24. The van der Waals surface area contributed by atoms with Gasteiger partial charge in [0.2, 0.25) is 0 Å². The number of aryl methyl sites for hydroxylation is 1. The predicted molar refractivity (Wildman–Crippen MR) is 85.0 cm³/mol. The Morgan fingerprint density at radius 2 is 1.70 bits per heavy atom. The molecule has 1 fully saturated rings. The van der Waals surface area contributed by atoms with Crippen LogP contribution >= 0.6 is 0 Å². The fraction of sp³-hybridized carbons (Fsp3) is 0.667. The first-order chi connectivity index (χ1) is 9.56. The van der Waals surface area contributed by atoms with Crippen molar-refractivity contribution in [2.45, 2.75) is 52.5 Å². The molecule has 1 aliphatic heterocycles. The van der Waals surface area contributed by atoms with E-state index in [0.29, 0.717) is 11.8 Å². The van der Waals surface area contributed by atoms with Crippen molar-refractivity contribution in [2.75, 3.05) is 13.1 Å². The fourth-order valence-electron chi connectivity index (χ4n) is 3.25. The van der Waals surface area contributed by atoms with Crippen molar-refractivity contribution in [3.63, 3.8) is 0 Å². The molecule has 2 heteroatoms. The Hall–Kier alpha value is -1.02. The maximum Gasteiger partial charge on any atom is 0.115 e. The van der Waals surface area contributed by atoms with Gasteiger partial charge in [0, 0.05) is 6.04 Å². The number of likely N-dealkylation sites (tertiary alicyclic amines) is 1. The standard InChI is InChI=1S/C18H29NO/c1-14(2)17-10-12-19(13-11-17)15(3)4-5-16-6-8-18(20)9-7-16/h6-9,14-15,17,20H,4-5,10-13H2,1-3H3. The molecule has 1 atom stereocenters. The number of hydrogen-bond acceptors (Lipinski definition) is 2. The van der Waals surface area contributed by atoms with Gasteiger partial charge in [-0.25, -0.2) is 0 Å². The van der Waals surface area contributed by atoms with Gasteiger partial charge in [0.25, 0.3) is 0 Å². The molecule has 2 rings (SSSR count). The molecule has 1 heterocycles. The second-order valence-corrected chi connectivity index (χ2v) is 6.67. The Bertz CT molecular complexity index is 390. The molecule has 1 aliphatic rings. The normalized spacial score (nSPS) is 19.4. The molecule has 2 nitrogen and oxygen atoms in total. The van der Waals surface area contributed by atoms with E-state index < -0.39 is 0 Å². The minimum Gasteiger partial charge on any atom is -0.508 e. The highest BCUT2D eigenvalue weighted by Gasteiger charge is 2.24. The van der Waals surface area contributed by atoms with E-state index in [-0.39, 0.29) is 0 Å². The third-order valence-electron chi connectivity index (χ3n) is 4.93. The van der Waals surface area contributed by atoms with E-state index in [1.54, 1.807) is 12.1 Å². The van der Waals surface area contributed by atoms with Crippen LogP contribution in [0.2, 0.25) is 0 Å². The molecule has 0 aliphatic carbocycles. The van der Waals surface area contributed by atoms with Crippen molar-refractivity contribution < 1.29 is 5.11 Å². The molecular formula is C18H29NO. The first kappa shape index (κ1) is 15.4. The van der Waals surface area contributed by atoms with Gasteiger partial charge >= 0.3 is 0 Å². The van der Waals surface area contributed by atoms with Crippen LogP contribution in [0.1, 0.15) is 45.6 Å². The lowest BCUT2D eigenvalue weighted by molar-refractivity contribution is 0.117. The van der Waals surface area contributed by atoms with Gasteiger partial charge in [-0.1, -0.05) is 26.0 Å². The number of phenolic OH excluding ortho intramolecular Hbond substituents is 1. The zero-order chi connectivity index (χ0) is 14.5. The van der Waals surface area contributed by atoms with Crippen molar-refractivity contribution in [3.05, 3.63) is 29.8 Å². The lowest BCUT2D eigenvalue weighted by Gasteiger charge is -2.37. The average Bonchev–Trinajstić information content (AvgIpc) is 2.46. The smallest absolute Gasteiger partial charge is 0.115 e. The number of aromatic hydroxyl groups is 1. The maximum absolute atomic E-state index is 9.30. The minimum atomic E-state index is 0.359. The summed E-state index contributed by atoms with van der Waals surface area (Å²) in [5.41, 5.74) is 1.33. The van der Waals surface area contributed by atoms with E-state index in [2.05, 4.69) is 25.7 Å². The predicted octanol–water partition coefficient (Wildman–Crippen LogP) is 4.08. The van der Waals surface area contributed by atoms with Gasteiger partial charge in [0.1, 0.15) is 5.75 Å². The van der Waals surface area contributed by atoms with Crippen LogP contribution in [-0.2, 0) is 6.42 Å². The number of rotatable bonds is 5. The van der Waals surface area contributed by atoms with Crippen LogP contribution in [-0.4, -0.2) is 29.1 Å². The van der Waals surface area contributed by atoms with Gasteiger partial charge < -0.3 is 10.0 Å². The van der Waals surface area contributed by atoms with Gasteiger partial charge in [-0.05, 0) is 75.2 Å². The molecule has 0 amide bonds. The van der Waals surface area contributed by atoms with Crippen LogP contribution in [0.15, 0.2) is 24.3 Å². The summed E-state index contributed by atoms with van der Waals surface area (Å²) in [5, 5.41) is 9.30. The average molecular weight is 275 g/mol. The fourth-order valence-corrected chi connectivity index (χ4v) is 3.25. The summed E-state index contributed by atoms with van der Waals surface area (Å²) in [6, 6.07) is 8.31. The number of nitrogens with zero attached hydrogens (tertiary/aromatic N) is 1. The molecule has 0 saturated carbocycles. The van der Waals surface area contributed by atoms with E-state index in [1.807, 2.05) is 12.1 Å². The van der Waals surface area contributed by atoms with Crippen molar-refractivity contribution >= 4 is 0 Å². The largest absolute Gasteiger partial charge is 0.508 e. The molecule has 1 N–H and O–H groups in total. The Morgan fingerprint density at radius 3 is 2.25 bits per heavy atom. The van der Waals surface area contributed by atoms with Crippen LogP contribution in [0, 0.1) is 11.8 Å². The molecule has 1 aromatic rings. The summed E-state index contributed by atoms with van der Waals surface area (Å²) in [7, 11) is 0. The second kappa shape index (κ2) is 7.12. The first-order valence-electron chi connectivity index (χ1n) is 8.08. The molecular weight excluding hydrogens is 246 g/mol. The van der Waals surface area contributed by atoms with E-state index in [4.69, 9.17) is 0 Å². The van der Waals surface area contributed by atoms with E-state index >= 15 is 0 Å². The Labute approximate surface area is 123 Å². The number of benzene rings is 1. The summed E-state index contributed by atoms with van der Waals surface area (Å²) < 4.78 is 0. The van der Waals surface area contributed by atoms with E-state index in [9.17, 15) is 5.11 Å². The van der Waals surface area contributed by atoms with E-state index in [0.717, 1.165) is 18.3 Å². The number of piperidine rings is 1. The van der Waals surface area contributed by atoms with Gasteiger partial charge in [-0.2, -0.15) is 0 Å². The first-order valence-corrected chi connectivity index (χ1v) is 8.08. The van der Waals surface area contributed by atoms with Crippen molar-refractivity contribution in [1.29, 1.82) is 0 Å². The molecule has 0 spiro atoms. The zero-order valence-corrected chi connectivity index (χ0v) is 13.2. The SMILES string of the molecule is CC(C)C1CCN(C(C)CCc2ccc(O)cc2)CC1. The molecule has 0 bridgehead atoms. The van der Waals surface area contributed by atoms with Crippen LogP contribution in [0.5, 0.6) is 5.75 Å². The van der Waals surface area contributed by atoms with Gasteiger partial charge in [0.15, 0.2) is 0 Å². The summed E-state index contributed by atoms with van der Waals surface area (Å²) in [5.74, 6) is 2.12. The highest BCUT2D eigenvalue weighted by Crippen LogP contribution is 2.26. The quantitative estimate of drug-likeness (QED) is 0.875. The highest BCUT2D eigenvalue weighted by atomic mass is 16.3. The summed E-state index contributed by atoms with van der Waals surface area (Å²) in [6.07, 6.45) is 5.03. The monoisotopic (exact) mass is 275 g/mol. The van der Waals surface area contributed by atoms with Gasteiger partial charge in [-0.15, -0.1) is 0 Å². The van der Waals surface area contributed by atoms with Crippen molar-refractivity contribution in [1.82, 2.24) is 4.90 Å². The van der Waals surface area contributed by atoms with Crippen molar-refractivity contribution in [2.24, 2.45) is 11.8 Å².